The summed E-state index contributed by atoms with van der Waals surface area (Å²) in [5.74, 6) is -1.96. The zero-order valence-corrected chi connectivity index (χ0v) is 12.7. The topological polar surface area (TPSA) is 90.7 Å². The average molecular weight is 327 g/mol. The molecule has 2 N–H and O–H groups in total. The third-order valence-electron chi connectivity index (χ3n) is 2.86. The third kappa shape index (κ3) is 2.84. The van der Waals surface area contributed by atoms with Crippen molar-refractivity contribution in [1.82, 2.24) is 4.37 Å². The summed E-state index contributed by atoms with van der Waals surface area (Å²) in [6.45, 7) is 1.55. The summed E-state index contributed by atoms with van der Waals surface area (Å²) in [5.41, 5.74) is 0.294. The summed E-state index contributed by atoms with van der Waals surface area (Å²) in [7, 11) is 1.42. The molecule has 1 heterocycles. The van der Waals surface area contributed by atoms with Crippen molar-refractivity contribution < 1.29 is 19.8 Å². The molecule has 0 bridgehead atoms. The zero-order chi connectivity index (χ0) is 15.7. The fraction of sp³-hybridized carbons (Fsp3) is 0.154. The van der Waals surface area contributed by atoms with Crippen LogP contribution in [0.3, 0.4) is 0 Å². The monoisotopic (exact) mass is 326 g/mol. The average Bonchev–Trinajstić information content (AvgIpc) is 2.81. The molecular formula is C13H11ClN2O4S. The van der Waals surface area contributed by atoms with Crippen molar-refractivity contribution in [2.75, 3.05) is 11.9 Å². The molecule has 8 heteroatoms. The van der Waals surface area contributed by atoms with Gasteiger partial charge in [-0.3, -0.25) is 4.79 Å². The van der Waals surface area contributed by atoms with E-state index in [1.54, 1.807) is 6.92 Å². The van der Waals surface area contributed by atoms with Crippen LogP contribution in [0.1, 0.15) is 26.4 Å². The molecule has 0 aliphatic carbocycles. The molecule has 110 valence electrons. The molecule has 1 aromatic heterocycles. The largest absolute Gasteiger partial charge is 0.507 e. The van der Waals surface area contributed by atoms with Gasteiger partial charge in [-0.1, -0.05) is 11.6 Å². The minimum atomic E-state index is -1.16. The first kappa shape index (κ1) is 15.3. The predicted octanol–water partition coefficient (Wildman–Crippen LogP) is 2.79. The van der Waals surface area contributed by atoms with E-state index in [1.165, 1.54) is 25.2 Å². The van der Waals surface area contributed by atoms with E-state index < -0.39 is 11.9 Å². The number of carboxylic acids is 1. The molecule has 0 spiro atoms. The fourth-order valence-electron chi connectivity index (χ4n) is 1.79. The van der Waals surface area contributed by atoms with Crippen LogP contribution >= 0.6 is 23.1 Å². The molecule has 0 aliphatic rings. The van der Waals surface area contributed by atoms with Gasteiger partial charge in [-0.05, 0) is 36.7 Å². The molecular weight excluding hydrogens is 316 g/mol. The molecule has 0 saturated heterocycles. The Labute approximate surface area is 129 Å². The number of benzene rings is 1. The maximum atomic E-state index is 12.4. The minimum Gasteiger partial charge on any atom is -0.507 e. The van der Waals surface area contributed by atoms with Gasteiger partial charge in [0, 0.05) is 12.1 Å². The first-order valence-electron chi connectivity index (χ1n) is 5.79. The molecule has 0 unspecified atom stereocenters. The first-order valence-corrected chi connectivity index (χ1v) is 6.94. The Hall–Kier alpha value is -2.12. The number of halogens is 1. The molecule has 0 fully saturated rings. The predicted molar refractivity (Wildman–Crippen MR) is 79.7 cm³/mol. The Morgan fingerprint density at radius 1 is 1.38 bits per heavy atom. The first-order chi connectivity index (χ1) is 9.82. The van der Waals surface area contributed by atoms with Crippen LogP contribution in [-0.2, 0) is 0 Å². The van der Waals surface area contributed by atoms with Crippen LogP contribution in [0.5, 0.6) is 5.75 Å². The van der Waals surface area contributed by atoms with Gasteiger partial charge in [-0.2, -0.15) is 4.37 Å². The van der Waals surface area contributed by atoms with Crippen molar-refractivity contribution in [3.8, 4) is 5.75 Å². The van der Waals surface area contributed by atoms with Crippen LogP contribution in [0, 0.1) is 6.92 Å². The van der Waals surface area contributed by atoms with E-state index in [0.717, 1.165) is 16.4 Å². The summed E-state index contributed by atoms with van der Waals surface area (Å²) in [6, 6.07) is 4.08. The second-order valence-electron chi connectivity index (χ2n) is 4.28. The number of amides is 1. The standard InChI is InChI=1S/C13H11ClN2O4S/c1-6-10(13(19)20)12(21-15-6)16(2)11(18)8-5-7(14)3-4-9(8)17/h3-5,17H,1-2H3,(H,19,20). The van der Waals surface area contributed by atoms with Gasteiger partial charge in [0.05, 0.1) is 11.3 Å². The van der Waals surface area contributed by atoms with Crippen molar-refractivity contribution >= 4 is 40.0 Å². The quantitative estimate of drug-likeness (QED) is 0.905. The number of hydrogen-bond donors (Lipinski definition) is 2. The number of carboxylic acid groups (broad SMARTS) is 1. The highest BCUT2D eigenvalue weighted by atomic mass is 35.5. The van der Waals surface area contributed by atoms with E-state index in [-0.39, 0.29) is 21.9 Å². The van der Waals surface area contributed by atoms with Gasteiger partial charge in [-0.15, -0.1) is 0 Å². The Morgan fingerprint density at radius 3 is 2.67 bits per heavy atom. The van der Waals surface area contributed by atoms with Gasteiger partial charge in [0.1, 0.15) is 16.3 Å². The smallest absolute Gasteiger partial charge is 0.340 e. The van der Waals surface area contributed by atoms with E-state index >= 15 is 0 Å². The number of anilines is 1. The Balaban J connectivity index is 2.45. The molecule has 21 heavy (non-hydrogen) atoms. The summed E-state index contributed by atoms with van der Waals surface area (Å²) < 4.78 is 3.95. The second-order valence-corrected chi connectivity index (χ2v) is 5.47. The van der Waals surface area contributed by atoms with E-state index in [9.17, 15) is 19.8 Å². The van der Waals surface area contributed by atoms with Crippen molar-refractivity contribution in [3.63, 3.8) is 0 Å². The molecule has 2 aromatic rings. The van der Waals surface area contributed by atoms with Crippen molar-refractivity contribution in [3.05, 3.63) is 40.0 Å². The lowest BCUT2D eigenvalue weighted by molar-refractivity contribution is 0.0697. The lowest BCUT2D eigenvalue weighted by Gasteiger charge is -2.16. The van der Waals surface area contributed by atoms with E-state index in [1.807, 2.05) is 0 Å². The zero-order valence-electron chi connectivity index (χ0n) is 11.1. The summed E-state index contributed by atoms with van der Waals surface area (Å²) >= 11 is 6.72. The fourth-order valence-corrected chi connectivity index (χ4v) is 2.80. The Kier molecular flexibility index (Phi) is 4.15. The number of aryl methyl sites for hydroxylation is 1. The van der Waals surface area contributed by atoms with Crippen LogP contribution in [0.25, 0.3) is 0 Å². The number of phenols is 1. The van der Waals surface area contributed by atoms with Crippen LogP contribution in [-0.4, -0.2) is 33.5 Å². The normalized spacial score (nSPS) is 10.4. The number of hydrogen-bond acceptors (Lipinski definition) is 5. The second kappa shape index (κ2) is 5.71. The molecule has 0 radical (unpaired) electrons. The van der Waals surface area contributed by atoms with Crippen molar-refractivity contribution in [2.45, 2.75) is 6.92 Å². The van der Waals surface area contributed by atoms with Crippen LogP contribution < -0.4 is 4.90 Å². The van der Waals surface area contributed by atoms with E-state index in [0.29, 0.717) is 10.7 Å². The molecule has 0 aliphatic heterocycles. The maximum Gasteiger partial charge on any atom is 0.340 e. The number of carbonyl (C=O) groups is 2. The highest BCUT2D eigenvalue weighted by Gasteiger charge is 2.26. The van der Waals surface area contributed by atoms with E-state index in [4.69, 9.17) is 11.6 Å². The number of aromatic nitrogens is 1. The summed E-state index contributed by atoms with van der Waals surface area (Å²) in [4.78, 5) is 24.8. The molecule has 1 aromatic carbocycles. The number of aromatic hydroxyl groups is 1. The van der Waals surface area contributed by atoms with Crippen LogP contribution in [0.4, 0.5) is 5.00 Å². The van der Waals surface area contributed by atoms with Gasteiger partial charge in [0.15, 0.2) is 0 Å². The third-order valence-corrected chi connectivity index (χ3v) is 4.11. The lowest BCUT2D eigenvalue weighted by atomic mass is 10.1. The maximum absolute atomic E-state index is 12.4. The molecule has 6 nitrogen and oxygen atoms in total. The number of rotatable bonds is 3. The SMILES string of the molecule is Cc1nsc(N(C)C(=O)c2cc(Cl)ccc2O)c1C(=O)O. The van der Waals surface area contributed by atoms with Crippen molar-refractivity contribution in [1.29, 1.82) is 0 Å². The number of nitrogens with zero attached hydrogens (tertiary/aromatic N) is 2. The Morgan fingerprint density at radius 2 is 2.05 bits per heavy atom. The van der Waals surface area contributed by atoms with Crippen molar-refractivity contribution in [2.24, 2.45) is 0 Å². The highest BCUT2D eigenvalue weighted by Crippen LogP contribution is 2.31. The minimum absolute atomic E-state index is 0.00704. The summed E-state index contributed by atoms with van der Waals surface area (Å²) in [5, 5.41) is 19.4. The molecule has 2 rings (SSSR count). The number of phenolic OH excluding ortho intramolecular Hbond substituents is 1. The number of carbonyl (C=O) groups excluding carboxylic acids is 1. The van der Waals surface area contributed by atoms with Crippen LogP contribution in [0.15, 0.2) is 18.2 Å². The molecule has 1 amide bonds. The van der Waals surface area contributed by atoms with Gasteiger partial charge < -0.3 is 15.1 Å². The van der Waals surface area contributed by atoms with Gasteiger partial charge in [0.25, 0.3) is 5.91 Å². The molecule has 0 atom stereocenters. The van der Waals surface area contributed by atoms with Crippen LogP contribution in [0.2, 0.25) is 5.02 Å². The Bertz CT molecular complexity index is 729. The number of aromatic carboxylic acids is 1. The lowest BCUT2D eigenvalue weighted by Crippen LogP contribution is -2.27. The van der Waals surface area contributed by atoms with E-state index in [2.05, 4.69) is 4.37 Å². The molecule has 0 saturated carbocycles. The van der Waals surface area contributed by atoms with Gasteiger partial charge in [-0.25, -0.2) is 4.79 Å². The highest BCUT2D eigenvalue weighted by molar-refractivity contribution is 7.11. The van der Waals surface area contributed by atoms with Gasteiger partial charge >= 0.3 is 5.97 Å². The van der Waals surface area contributed by atoms with Gasteiger partial charge in [0.2, 0.25) is 0 Å². The summed E-state index contributed by atoms with van der Waals surface area (Å²) in [6.07, 6.45) is 0.